The average Bonchev–Trinajstić information content (AvgIpc) is 3.11. The van der Waals surface area contributed by atoms with Crippen molar-refractivity contribution in [3.8, 4) is 11.4 Å². The van der Waals surface area contributed by atoms with E-state index in [1.54, 1.807) is 11.8 Å². The van der Waals surface area contributed by atoms with Crippen LogP contribution in [-0.2, 0) is 12.3 Å². The maximum atomic E-state index is 6.44. The number of thioether (sulfide) groups is 1. The molecule has 0 saturated heterocycles. The smallest absolute Gasteiger partial charge is 0.192 e. The molecule has 28 heavy (non-hydrogen) atoms. The van der Waals surface area contributed by atoms with Crippen molar-refractivity contribution in [2.45, 2.75) is 17.5 Å². The van der Waals surface area contributed by atoms with Gasteiger partial charge in [-0.1, -0.05) is 93.9 Å². The third-order valence-corrected chi connectivity index (χ3v) is 6.19. The Morgan fingerprint density at radius 1 is 0.821 bits per heavy atom. The fourth-order valence-corrected chi connectivity index (χ4v) is 4.25. The van der Waals surface area contributed by atoms with Crippen LogP contribution in [-0.4, -0.2) is 14.8 Å². The summed E-state index contributed by atoms with van der Waals surface area (Å²) in [4.78, 5) is 0. The summed E-state index contributed by atoms with van der Waals surface area (Å²) >= 11 is 11.6. The highest BCUT2D eigenvalue weighted by molar-refractivity contribution is 9.10. The van der Waals surface area contributed by atoms with Gasteiger partial charge in [0.15, 0.2) is 11.0 Å². The molecule has 3 aromatic carbocycles. The minimum Gasteiger partial charge on any atom is -0.297 e. The summed E-state index contributed by atoms with van der Waals surface area (Å²) in [5.74, 6) is 1.61. The van der Waals surface area contributed by atoms with Crippen LogP contribution in [0.4, 0.5) is 0 Å². The summed E-state index contributed by atoms with van der Waals surface area (Å²) in [5.41, 5.74) is 3.32. The van der Waals surface area contributed by atoms with Crippen LogP contribution < -0.4 is 0 Å². The zero-order chi connectivity index (χ0) is 19.3. The van der Waals surface area contributed by atoms with Crippen LogP contribution in [0.5, 0.6) is 0 Å². The summed E-state index contributed by atoms with van der Waals surface area (Å²) in [6, 6.07) is 26.4. The van der Waals surface area contributed by atoms with E-state index in [0.29, 0.717) is 11.6 Å². The highest BCUT2D eigenvalue weighted by atomic mass is 79.9. The Morgan fingerprint density at radius 3 is 2.29 bits per heavy atom. The van der Waals surface area contributed by atoms with Crippen molar-refractivity contribution in [3.05, 3.63) is 99.5 Å². The first-order valence-corrected chi connectivity index (χ1v) is 11.0. The quantitative estimate of drug-likeness (QED) is 0.294. The van der Waals surface area contributed by atoms with Crippen molar-refractivity contribution in [3.63, 3.8) is 0 Å². The summed E-state index contributed by atoms with van der Waals surface area (Å²) in [7, 11) is 0. The summed E-state index contributed by atoms with van der Waals surface area (Å²) < 4.78 is 3.22. The largest absolute Gasteiger partial charge is 0.297 e. The molecular formula is C22H17BrClN3S. The van der Waals surface area contributed by atoms with Crippen molar-refractivity contribution in [1.82, 2.24) is 14.8 Å². The van der Waals surface area contributed by atoms with Gasteiger partial charge in [-0.05, 0) is 35.4 Å². The molecule has 0 fully saturated rings. The van der Waals surface area contributed by atoms with Crippen molar-refractivity contribution >= 4 is 39.3 Å². The molecule has 3 nitrogen and oxygen atoms in total. The van der Waals surface area contributed by atoms with Crippen LogP contribution in [0.2, 0.25) is 5.02 Å². The monoisotopic (exact) mass is 469 g/mol. The van der Waals surface area contributed by atoms with E-state index >= 15 is 0 Å². The first-order valence-electron chi connectivity index (χ1n) is 8.80. The van der Waals surface area contributed by atoms with E-state index in [2.05, 4.69) is 67.1 Å². The molecule has 1 heterocycles. The van der Waals surface area contributed by atoms with E-state index in [1.807, 2.05) is 42.5 Å². The molecule has 0 bridgehead atoms. The lowest BCUT2D eigenvalue weighted by atomic mass is 10.2. The molecule has 0 aliphatic heterocycles. The van der Waals surface area contributed by atoms with Crippen LogP contribution in [0, 0.1) is 0 Å². The highest BCUT2D eigenvalue weighted by Crippen LogP contribution is 2.31. The third kappa shape index (κ3) is 4.49. The number of benzene rings is 3. The van der Waals surface area contributed by atoms with E-state index in [0.717, 1.165) is 26.8 Å². The average molecular weight is 471 g/mol. The number of hydrogen-bond acceptors (Lipinski definition) is 3. The molecule has 140 valence electrons. The van der Waals surface area contributed by atoms with Gasteiger partial charge in [0.1, 0.15) is 0 Å². The number of hydrogen-bond donors (Lipinski definition) is 0. The maximum Gasteiger partial charge on any atom is 0.192 e. The highest BCUT2D eigenvalue weighted by Gasteiger charge is 2.17. The van der Waals surface area contributed by atoms with Gasteiger partial charge in [0, 0.05) is 15.8 Å². The Bertz CT molecular complexity index is 1060. The van der Waals surface area contributed by atoms with Gasteiger partial charge in [0.2, 0.25) is 0 Å². The Balaban J connectivity index is 1.67. The van der Waals surface area contributed by atoms with Crippen molar-refractivity contribution in [2.75, 3.05) is 0 Å². The van der Waals surface area contributed by atoms with E-state index in [1.165, 1.54) is 11.1 Å². The Hall–Kier alpha value is -2.08. The fraction of sp³-hybridized carbons (Fsp3) is 0.0909. The maximum absolute atomic E-state index is 6.44. The molecule has 0 unspecified atom stereocenters. The zero-order valence-electron chi connectivity index (χ0n) is 14.9. The summed E-state index contributed by atoms with van der Waals surface area (Å²) in [6.07, 6.45) is 0. The van der Waals surface area contributed by atoms with Crippen LogP contribution in [0.15, 0.2) is 88.5 Å². The topological polar surface area (TPSA) is 30.7 Å². The van der Waals surface area contributed by atoms with E-state index < -0.39 is 0 Å². The SMILES string of the molecule is Clc1ccccc1-c1nnc(SCc2ccc(Br)cc2)n1Cc1ccccc1. The fourth-order valence-electron chi connectivity index (χ4n) is 2.87. The lowest BCUT2D eigenvalue weighted by Gasteiger charge is -2.11. The third-order valence-electron chi connectivity index (χ3n) is 4.30. The summed E-state index contributed by atoms with van der Waals surface area (Å²) in [5, 5.41) is 10.5. The molecule has 0 radical (unpaired) electrons. The standard InChI is InChI=1S/C22H17BrClN3S/c23-18-12-10-17(11-13-18)15-28-22-26-25-21(19-8-4-5-9-20(19)24)27(22)14-16-6-2-1-3-7-16/h1-13H,14-15H2. The van der Waals surface area contributed by atoms with Crippen LogP contribution in [0.25, 0.3) is 11.4 Å². The van der Waals surface area contributed by atoms with Gasteiger partial charge in [-0.25, -0.2) is 0 Å². The minimum absolute atomic E-state index is 0.675. The van der Waals surface area contributed by atoms with Gasteiger partial charge in [0.05, 0.1) is 11.6 Å². The normalized spacial score (nSPS) is 10.9. The predicted molar refractivity (Wildman–Crippen MR) is 120 cm³/mol. The number of aromatic nitrogens is 3. The first-order chi connectivity index (χ1) is 13.7. The van der Waals surface area contributed by atoms with Crippen LogP contribution in [0.3, 0.4) is 0 Å². The zero-order valence-corrected chi connectivity index (χ0v) is 18.1. The molecule has 0 aliphatic rings. The Kier molecular flexibility index (Phi) is 6.15. The molecule has 0 atom stereocenters. The van der Waals surface area contributed by atoms with Crippen LogP contribution in [0.1, 0.15) is 11.1 Å². The molecule has 1 aromatic heterocycles. The Morgan fingerprint density at radius 2 is 1.54 bits per heavy atom. The van der Waals surface area contributed by atoms with E-state index in [9.17, 15) is 0 Å². The van der Waals surface area contributed by atoms with E-state index in [4.69, 9.17) is 11.6 Å². The second kappa shape index (κ2) is 8.95. The second-order valence-corrected chi connectivity index (χ2v) is 8.54. The molecule has 4 rings (SSSR count). The lowest BCUT2D eigenvalue weighted by Crippen LogP contribution is -2.04. The van der Waals surface area contributed by atoms with Gasteiger partial charge in [-0.2, -0.15) is 0 Å². The predicted octanol–water partition coefficient (Wildman–Crippen LogP) is 6.70. The molecule has 0 aliphatic carbocycles. The van der Waals surface area contributed by atoms with Gasteiger partial charge in [-0.15, -0.1) is 10.2 Å². The van der Waals surface area contributed by atoms with Crippen molar-refractivity contribution in [2.24, 2.45) is 0 Å². The second-order valence-electron chi connectivity index (χ2n) is 6.27. The number of halogens is 2. The molecule has 4 aromatic rings. The van der Waals surface area contributed by atoms with Gasteiger partial charge < -0.3 is 0 Å². The molecule has 0 N–H and O–H groups in total. The molecule has 0 saturated carbocycles. The number of rotatable bonds is 6. The lowest BCUT2D eigenvalue weighted by molar-refractivity contribution is 0.714. The number of nitrogens with zero attached hydrogens (tertiary/aromatic N) is 3. The molecule has 0 spiro atoms. The van der Waals surface area contributed by atoms with Gasteiger partial charge in [0.25, 0.3) is 0 Å². The van der Waals surface area contributed by atoms with Crippen molar-refractivity contribution in [1.29, 1.82) is 0 Å². The molecule has 6 heteroatoms. The Labute approximate surface area is 181 Å². The molecule has 0 amide bonds. The minimum atomic E-state index is 0.675. The first kappa shape index (κ1) is 19.2. The van der Waals surface area contributed by atoms with E-state index in [-0.39, 0.29) is 0 Å². The summed E-state index contributed by atoms with van der Waals surface area (Å²) in [6.45, 7) is 0.692. The van der Waals surface area contributed by atoms with Gasteiger partial charge in [-0.3, -0.25) is 4.57 Å². The van der Waals surface area contributed by atoms with Gasteiger partial charge >= 0.3 is 0 Å². The molecular weight excluding hydrogens is 454 g/mol. The van der Waals surface area contributed by atoms with Crippen molar-refractivity contribution < 1.29 is 0 Å². The van der Waals surface area contributed by atoms with Crippen LogP contribution >= 0.6 is 39.3 Å².